The summed E-state index contributed by atoms with van der Waals surface area (Å²) in [6.45, 7) is 11.3. The summed E-state index contributed by atoms with van der Waals surface area (Å²) in [6.07, 6.45) is 2.71. The summed E-state index contributed by atoms with van der Waals surface area (Å²) in [5.74, 6) is 0.0559. The Hall–Kier alpha value is -0.610. The lowest BCUT2D eigenvalue weighted by molar-refractivity contribution is -0.144. The lowest BCUT2D eigenvalue weighted by atomic mass is 9.88. The summed E-state index contributed by atoms with van der Waals surface area (Å²) in [4.78, 5) is 14.1. The second-order valence-electron chi connectivity index (χ2n) is 6.28. The standard InChI is InChI=1S/C14H28N2O2/c1-6-8-14(18)9-16(10-14)11(3)12(17)15-13(4,5)7-2/h11,18H,6-10H2,1-5H3,(H,15,17). The predicted molar refractivity (Wildman–Crippen MR) is 73.4 cm³/mol. The van der Waals surface area contributed by atoms with Crippen molar-refractivity contribution < 1.29 is 9.90 Å². The average molecular weight is 256 g/mol. The largest absolute Gasteiger partial charge is 0.387 e. The van der Waals surface area contributed by atoms with Gasteiger partial charge in [-0.05, 0) is 33.6 Å². The van der Waals surface area contributed by atoms with Gasteiger partial charge in [0.1, 0.15) is 0 Å². The number of carbonyl (C=O) groups excluding carboxylic acids is 1. The second kappa shape index (κ2) is 5.57. The maximum absolute atomic E-state index is 12.1. The number of carbonyl (C=O) groups is 1. The van der Waals surface area contributed by atoms with Crippen LogP contribution in [-0.4, -0.2) is 46.2 Å². The molecule has 0 aliphatic carbocycles. The highest BCUT2D eigenvalue weighted by Crippen LogP contribution is 2.27. The highest BCUT2D eigenvalue weighted by molar-refractivity contribution is 5.82. The molecule has 0 aromatic rings. The number of hydrogen-bond acceptors (Lipinski definition) is 3. The summed E-state index contributed by atoms with van der Waals surface area (Å²) < 4.78 is 0. The predicted octanol–water partition coefficient (Wildman–Crippen LogP) is 1.53. The topological polar surface area (TPSA) is 52.6 Å². The van der Waals surface area contributed by atoms with Crippen LogP contribution in [0.3, 0.4) is 0 Å². The molecule has 1 aliphatic heterocycles. The Kier molecular flexibility index (Phi) is 4.78. The van der Waals surface area contributed by atoms with Crippen molar-refractivity contribution in [1.82, 2.24) is 10.2 Å². The first-order valence-corrected chi connectivity index (χ1v) is 7.01. The van der Waals surface area contributed by atoms with Crippen LogP contribution in [-0.2, 0) is 4.79 Å². The van der Waals surface area contributed by atoms with Crippen LogP contribution in [0.2, 0.25) is 0 Å². The molecule has 4 nitrogen and oxygen atoms in total. The first-order chi connectivity index (χ1) is 8.23. The molecule has 1 unspecified atom stereocenters. The molecule has 0 radical (unpaired) electrons. The van der Waals surface area contributed by atoms with E-state index in [2.05, 4.69) is 19.2 Å². The third kappa shape index (κ3) is 3.69. The van der Waals surface area contributed by atoms with Gasteiger partial charge in [0.25, 0.3) is 0 Å². The van der Waals surface area contributed by atoms with Gasteiger partial charge in [-0.2, -0.15) is 0 Å². The number of aliphatic hydroxyl groups is 1. The Balaban J connectivity index is 2.43. The molecule has 0 aromatic carbocycles. The van der Waals surface area contributed by atoms with Gasteiger partial charge in [0, 0.05) is 18.6 Å². The van der Waals surface area contributed by atoms with Crippen LogP contribution in [0.5, 0.6) is 0 Å². The fourth-order valence-corrected chi connectivity index (χ4v) is 2.30. The lowest BCUT2D eigenvalue weighted by Gasteiger charge is -2.49. The van der Waals surface area contributed by atoms with Gasteiger partial charge in [0.05, 0.1) is 11.6 Å². The van der Waals surface area contributed by atoms with Crippen LogP contribution in [0.4, 0.5) is 0 Å². The number of nitrogens with one attached hydrogen (secondary N) is 1. The smallest absolute Gasteiger partial charge is 0.237 e. The summed E-state index contributed by atoms with van der Waals surface area (Å²) in [5.41, 5.74) is -0.723. The summed E-state index contributed by atoms with van der Waals surface area (Å²) in [5, 5.41) is 13.2. The van der Waals surface area contributed by atoms with Crippen LogP contribution in [0.1, 0.15) is 53.9 Å². The van der Waals surface area contributed by atoms with Crippen LogP contribution in [0, 0.1) is 0 Å². The molecule has 0 spiro atoms. The van der Waals surface area contributed by atoms with Gasteiger partial charge in [-0.25, -0.2) is 0 Å². The molecular formula is C14H28N2O2. The Morgan fingerprint density at radius 3 is 2.44 bits per heavy atom. The molecule has 1 heterocycles. The van der Waals surface area contributed by atoms with Crippen molar-refractivity contribution in [3.05, 3.63) is 0 Å². The molecule has 1 fully saturated rings. The Bertz CT molecular complexity index is 296. The lowest BCUT2D eigenvalue weighted by Crippen LogP contribution is -2.67. The van der Waals surface area contributed by atoms with Crippen molar-refractivity contribution in [2.45, 2.75) is 71.1 Å². The molecule has 18 heavy (non-hydrogen) atoms. The molecule has 0 saturated carbocycles. The number of β-amino-alcohol motifs (C(OH)–C–C–N with tert-alkyl or cyclic N) is 1. The Labute approximate surface area is 111 Å². The average Bonchev–Trinajstić information content (AvgIpc) is 2.24. The number of hydrogen-bond donors (Lipinski definition) is 2. The van der Waals surface area contributed by atoms with Crippen LogP contribution in [0.25, 0.3) is 0 Å². The zero-order valence-electron chi connectivity index (χ0n) is 12.4. The Morgan fingerprint density at radius 2 is 2.00 bits per heavy atom. The van der Waals surface area contributed by atoms with E-state index in [1.165, 1.54) is 0 Å². The molecule has 2 N–H and O–H groups in total. The molecule has 1 rings (SSSR count). The SMILES string of the molecule is CCCC1(O)CN(C(C)C(=O)NC(C)(C)CC)C1. The number of nitrogens with zero attached hydrogens (tertiary/aromatic N) is 1. The molecule has 4 heteroatoms. The quantitative estimate of drug-likeness (QED) is 0.758. The minimum Gasteiger partial charge on any atom is -0.387 e. The van der Waals surface area contributed by atoms with E-state index < -0.39 is 5.60 Å². The fourth-order valence-electron chi connectivity index (χ4n) is 2.30. The number of amides is 1. The molecule has 1 amide bonds. The van der Waals surface area contributed by atoms with Crippen molar-refractivity contribution >= 4 is 5.91 Å². The first kappa shape index (κ1) is 15.4. The molecule has 1 atom stereocenters. The van der Waals surface area contributed by atoms with Crippen molar-refractivity contribution in [2.75, 3.05) is 13.1 Å². The van der Waals surface area contributed by atoms with E-state index in [0.717, 1.165) is 19.3 Å². The molecule has 1 aliphatic rings. The van der Waals surface area contributed by atoms with E-state index in [4.69, 9.17) is 0 Å². The van der Waals surface area contributed by atoms with Crippen LogP contribution in [0.15, 0.2) is 0 Å². The molecule has 1 saturated heterocycles. The third-order valence-corrected chi connectivity index (χ3v) is 3.98. The van der Waals surface area contributed by atoms with Crippen molar-refractivity contribution in [3.8, 4) is 0 Å². The van der Waals surface area contributed by atoms with E-state index >= 15 is 0 Å². The third-order valence-electron chi connectivity index (χ3n) is 3.98. The fraction of sp³-hybridized carbons (Fsp3) is 0.929. The summed E-state index contributed by atoms with van der Waals surface area (Å²) >= 11 is 0. The van der Waals surface area contributed by atoms with E-state index in [0.29, 0.717) is 13.1 Å². The van der Waals surface area contributed by atoms with Gasteiger partial charge in [0.15, 0.2) is 0 Å². The molecule has 0 bridgehead atoms. The van der Waals surface area contributed by atoms with E-state index in [9.17, 15) is 9.90 Å². The molecular weight excluding hydrogens is 228 g/mol. The minimum absolute atomic E-state index is 0.0559. The van der Waals surface area contributed by atoms with Gasteiger partial charge >= 0.3 is 0 Å². The van der Waals surface area contributed by atoms with Crippen molar-refractivity contribution in [3.63, 3.8) is 0 Å². The zero-order chi connectivity index (χ0) is 14.0. The van der Waals surface area contributed by atoms with Gasteiger partial charge in [-0.3, -0.25) is 9.69 Å². The number of rotatable bonds is 6. The Morgan fingerprint density at radius 1 is 1.44 bits per heavy atom. The van der Waals surface area contributed by atoms with Crippen LogP contribution >= 0.6 is 0 Å². The molecule has 106 valence electrons. The summed E-state index contributed by atoms with van der Waals surface area (Å²) in [6, 6.07) is -0.159. The van der Waals surface area contributed by atoms with Gasteiger partial charge in [-0.1, -0.05) is 20.3 Å². The second-order valence-corrected chi connectivity index (χ2v) is 6.28. The molecule has 0 aromatic heterocycles. The van der Waals surface area contributed by atoms with Crippen molar-refractivity contribution in [1.29, 1.82) is 0 Å². The maximum Gasteiger partial charge on any atom is 0.237 e. The monoisotopic (exact) mass is 256 g/mol. The first-order valence-electron chi connectivity index (χ1n) is 7.01. The van der Waals surface area contributed by atoms with E-state index in [-0.39, 0.29) is 17.5 Å². The zero-order valence-corrected chi connectivity index (χ0v) is 12.4. The van der Waals surface area contributed by atoms with Crippen molar-refractivity contribution in [2.24, 2.45) is 0 Å². The highest BCUT2D eigenvalue weighted by atomic mass is 16.3. The van der Waals surface area contributed by atoms with Gasteiger partial charge in [-0.15, -0.1) is 0 Å². The maximum atomic E-state index is 12.1. The van der Waals surface area contributed by atoms with Gasteiger partial charge < -0.3 is 10.4 Å². The minimum atomic E-state index is -0.566. The van der Waals surface area contributed by atoms with Crippen LogP contribution < -0.4 is 5.32 Å². The van der Waals surface area contributed by atoms with E-state index in [1.807, 2.05) is 25.7 Å². The number of likely N-dealkylation sites (tertiary alicyclic amines) is 1. The van der Waals surface area contributed by atoms with Gasteiger partial charge in [0.2, 0.25) is 5.91 Å². The summed E-state index contributed by atoms with van der Waals surface area (Å²) in [7, 11) is 0. The highest BCUT2D eigenvalue weighted by Gasteiger charge is 2.44. The van der Waals surface area contributed by atoms with E-state index in [1.54, 1.807) is 0 Å². The normalized spacial score (nSPS) is 21.2.